The van der Waals surface area contributed by atoms with Crippen LogP contribution >= 0.6 is 0 Å². The number of aliphatic hydroxyl groups is 1. The Labute approximate surface area is 93.2 Å². The highest BCUT2D eigenvalue weighted by Crippen LogP contribution is 2.11. The second-order valence-corrected chi connectivity index (χ2v) is 4.49. The number of hydrogen-bond donors (Lipinski definition) is 2. The summed E-state index contributed by atoms with van der Waals surface area (Å²) < 4.78 is 5.00. The van der Waals surface area contributed by atoms with Crippen LogP contribution in [-0.2, 0) is 14.4 Å². The summed E-state index contributed by atoms with van der Waals surface area (Å²) in [4.78, 5) is 27.5. The van der Waals surface area contributed by atoms with Crippen molar-refractivity contribution in [1.29, 1.82) is 0 Å². The topological polar surface area (TPSA) is 87.9 Å². The highest BCUT2D eigenvalue weighted by Gasteiger charge is 2.44. The molecule has 1 rings (SSSR count). The first kappa shape index (κ1) is 12.9. The van der Waals surface area contributed by atoms with Crippen LogP contribution in [-0.4, -0.2) is 47.0 Å². The Morgan fingerprint density at radius 1 is 1.62 bits per heavy atom. The van der Waals surface area contributed by atoms with E-state index in [4.69, 9.17) is 9.57 Å². The fourth-order valence-electron chi connectivity index (χ4n) is 1.19. The molecule has 16 heavy (non-hydrogen) atoms. The van der Waals surface area contributed by atoms with E-state index >= 15 is 0 Å². The third-order valence-corrected chi connectivity index (χ3v) is 1.81. The molecule has 2 unspecified atom stereocenters. The lowest BCUT2D eigenvalue weighted by Gasteiger charge is -2.22. The summed E-state index contributed by atoms with van der Waals surface area (Å²) in [6.45, 7) is 5.61. The van der Waals surface area contributed by atoms with Crippen molar-refractivity contribution < 1.29 is 24.4 Å². The predicted octanol–water partition coefficient (Wildman–Crippen LogP) is -0.671. The molecule has 0 bridgehead atoms. The molecule has 1 fully saturated rings. The van der Waals surface area contributed by atoms with Crippen LogP contribution in [0.5, 0.6) is 0 Å². The van der Waals surface area contributed by atoms with Crippen LogP contribution < -0.4 is 5.32 Å². The molecule has 7 nitrogen and oxygen atoms in total. The van der Waals surface area contributed by atoms with Gasteiger partial charge in [-0.15, -0.1) is 0 Å². The van der Waals surface area contributed by atoms with Crippen molar-refractivity contribution in [3.05, 3.63) is 4.91 Å². The molecule has 2 N–H and O–H groups in total. The van der Waals surface area contributed by atoms with Gasteiger partial charge in [-0.3, -0.25) is 4.79 Å². The van der Waals surface area contributed by atoms with E-state index in [0.717, 1.165) is 0 Å². The molecule has 1 heterocycles. The largest absolute Gasteiger partial charge is 0.393 e. The SMILES string of the molecule is CC(C)(C)O[N+](=O)C(O)C1OCCNC1=O. The number of morpholine rings is 1. The molecular weight excluding hydrogens is 216 g/mol. The molecule has 1 amide bonds. The van der Waals surface area contributed by atoms with Crippen LogP contribution in [0.25, 0.3) is 0 Å². The minimum atomic E-state index is -1.67. The van der Waals surface area contributed by atoms with Gasteiger partial charge in [0.05, 0.1) is 11.5 Å². The lowest BCUT2D eigenvalue weighted by Crippen LogP contribution is -2.53. The Balaban J connectivity index is 2.59. The summed E-state index contributed by atoms with van der Waals surface area (Å²) in [7, 11) is 0. The quantitative estimate of drug-likeness (QED) is 0.498. The summed E-state index contributed by atoms with van der Waals surface area (Å²) in [5.74, 6) is -0.517. The fourth-order valence-corrected chi connectivity index (χ4v) is 1.19. The van der Waals surface area contributed by atoms with Crippen molar-refractivity contribution in [2.75, 3.05) is 13.2 Å². The number of ether oxygens (including phenoxy) is 1. The van der Waals surface area contributed by atoms with Crippen LogP contribution in [0.4, 0.5) is 0 Å². The summed E-state index contributed by atoms with van der Waals surface area (Å²) in [5, 5.41) is 12.1. The second kappa shape index (κ2) is 4.75. The molecule has 0 saturated carbocycles. The zero-order valence-electron chi connectivity index (χ0n) is 9.60. The predicted molar refractivity (Wildman–Crippen MR) is 53.2 cm³/mol. The average molecular weight is 233 g/mol. The summed E-state index contributed by atoms with van der Waals surface area (Å²) in [5.41, 5.74) is -0.742. The zero-order valence-corrected chi connectivity index (χ0v) is 9.60. The number of aliphatic hydroxyl groups excluding tert-OH is 1. The highest BCUT2D eigenvalue weighted by molar-refractivity contribution is 5.81. The lowest BCUT2D eigenvalue weighted by atomic mass is 10.2. The number of amides is 1. The summed E-state index contributed by atoms with van der Waals surface area (Å²) >= 11 is 0. The van der Waals surface area contributed by atoms with Gasteiger partial charge in [-0.2, -0.15) is 0 Å². The normalized spacial score (nSPS) is 23.5. The maximum Gasteiger partial charge on any atom is 0.393 e. The van der Waals surface area contributed by atoms with E-state index in [1.807, 2.05) is 0 Å². The van der Waals surface area contributed by atoms with Gasteiger partial charge in [0.1, 0.15) is 0 Å². The maximum absolute atomic E-state index is 11.4. The maximum atomic E-state index is 11.4. The zero-order chi connectivity index (χ0) is 12.3. The first-order valence-electron chi connectivity index (χ1n) is 5.04. The van der Waals surface area contributed by atoms with Gasteiger partial charge in [-0.25, -0.2) is 4.84 Å². The van der Waals surface area contributed by atoms with Gasteiger partial charge in [-0.05, 0) is 20.8 Å². The van der Waals surface area contributed by atoms with Crippen molar-refractivity contribution in [2.24, 2.45) is 0 Å². The summed E-state index contributed by atoms with van der Waals surface area (Å²) in [6.07, 6.45) is -2.88. The van der Waals surface area contributed by atoms with E-state index in [1.165, 1.54) is 0 Å². The van der Waals surface area contributed by atoms with Crippen LogP contribution in [0.2, 0.25) is 0 Å². The Morgan fingerprint density at radius 3 is 2.75 bits per heavy atom. The molecular formula is C9H17N2O5+. The first-order valence-corrected chi connectivity index (χ1v) is 5.04. The van der Waals surface area contributed by atoms with Gasteiger partial charge in [0.15, 0.2) is 5.60 Å². The Morgan fingerprint density at radius 2 is 2.25 bits per heavy atom. The molecule has 0 radical (unpaired) electrons. The fraction of sp³-hybridized carbons (Fsp3) is 0.889. The Bertz CT molecular complexity index is 286. The molecule has 0 spiro atoms. The molecule has 2 atom stereocenters. The lowest BCUT2D eigenvalue weighted by molar-refractivity contribution is -0.866. The van der Waals surface area contributed by atoms with E-state index in [9.17, 15) is 14.8 Å². The van der Waals surface area contributed by atoms with Crippen LogP contribution in [0.1, 0.15) is 20.8 Å². The average Bonchev–Trinajstić information content (AvgIpc) is 2.15. The highest BCUT2D eigenvalue weighted by atomic mass is 16.8. The van der Waals surface area contributed by atoms with Crippen molar-refractivity contribution >= 4 is 5.91 Å². The van der Waals surface area contributed by atoms with Crippen molar-refractivity contribution in [1.82, 2.24) is 5.32 Å². The van der Waals surface area contributed by atoms with E-state index in [2.05, 4.69) is 5.32 Å². The van der Waals surface area contributed by atoms with E-state index < -0.39 is 23.8 Å². The molecule has 1 aliphatic rings. The van der Waals surface area contributed by atoms with Gasteiger partial charge < -0.3 is 15.2 Å². The van der Waals surface area contributed by atoms with Crippen LogP contribution in [0, 0.1) is 4.91 Å². The smallest absolute Gasteiger partial charge is 0.358 e. The third kappa shape index (κ3) is 3.42. The minimum Gasteiger partial charge on any atom is -0.358 e. The van der Waals surface area contributed by atoms with Crippen molar-refractivity contribution in [2.45, 2.75) is 38.7 Å². The van der Waals surface area contributed by atoms with E-state index in [1.54, 1.807) is 20.8 Å². The van der Waals surface area contributed by atoms with Gasteiger partial charge in [0.2, 0.25) is 6.10 Å². The molecule has 1 aliphatic heterocycles. The van der Waals surface area contributed by atoms with E-state index in [0.29, 0.717) is 6.54 Å². The number of rotatable bonds is 3. The molecule has 0 aromatic carbocycles. The molecule has 0 aromatic rings. The van der Waals surface area contributed by atoms with Crippen molar-refractivity contribution in [3.8, 4) is 0 Å². The molecule has 92 valence electrons. The molecule has 0 aromatic heterocycles. The standard InChI is InChI=1S/C9H16N2O5/c1-9(2,3)16-11(14)8(13)6-7(12)10-4-5-15-6/h6,8,13H,4-5H2,1-3H3/p+1. The van der Waals surface area contributed by atoms with Crippen LogP contribution in [0.3, 0.4) is 0 Å². The van der Waals surface area contributed by atoms with Gasteiger partial charge >= 0.3 is 6.23 Å². The summed E-state index contributed by atoms with van der Waals surface area (Å²) in [6, 6.07) is 0. The molecule has 1 saturated heterocycles. The third-order valence-electron chi connectivity index (χ3n) is 1.81. The number of nitrogens with one attached hydrogen (secondary N) is 1. The second-order valence-electron chi connectivity index (χ2n) is 4.49. The van der Waals surface area contributed by atoms with Gasteiger partial charge in [0.25, 0.3) is 10.8 Å². The first-order chi connectivity index (χ1) is 7.31. The van der Waals surface area contributed by atoms with Crippen LogP contribution in [0.15, 0.2) is 0 Å². The van der Waals surface area contributed by atoms with E-state index in [-0.39, 0.29) is 11.5 Å². The number of carbonyl (C=O) groups is 1. The Kier molecular flexibility index (Phi) is 3.82. The molecule has 0 aliphatic carbocycles. The Hall–Kier alpha value is -1.21. The minimum absolute atomic E-state index is 0.00440. The number of hydrogen-bond acceptors (Lipinski definition) is 5. The molecule has 7 heteroatoms. The monoisotopic (exact) mass is 233 g/mol. The van der Waals surface area contributed by atoms with Crippen molar-refractivity contribution in [3.63, 3.8) is 0 Å². The number of nitrogens with zero attached hydrogens (tertiary/aromatic N) is 1. The van der Waals surface area contributed by atoms with Gasteiger partial charge in [-0.1, -0.05) is 0 Å². The number of carbonyl (C=O) groups excluding carboxylic acids is 1. The van der Waals surface area contributed by atoms with Gasteiger partial charge in [0, 0.05) is 6.54 Å².